The highest BCUT2D eigenvalue weighted by Crippen LogP contribution is 2.36. The minimum atomic E-state index is -0.605. The van der Waals surface area contributed by atoms with Gasteiger partial charge in [-0.3, -0.25) is 9.59 Å². The monoisotopic (exact) mass is 403 g/mol. The van der Waals surface area contributed by atoms with Crippen molar-refractivity contribution in [2.75, 3.05) is 11.9 Å². The minimum absolute atomic E-state index is 0.0634. The third kappa shape index (κ3) is 6.47. The lowest BCUT2D eigenvalue weighted by Crippen LogP contribution is -2.25. The van der Waals surface area contributed by atoms with E-state index in [-0.39, 0.29) is 34.4 Å². The summed E-state index contributed by atoms with van der Waals surface area (Å²) in [6, 6.07) is 2.64. The highest BCUT2D eigenvalue weighted by Gasteiger charge is 2.23. The third-order valence-corrected chi connectivity index (χ3v) is 5.79. The molecule has 0 saturated heterocycles. The van der Waals surface area contributed by atoms with Gasteiger partial charge in [-0.2, -0.15) is 0 Å². The molecule has 0 radical (unpaired) electrons. The van der Waals surface area contributed by atoms with Crippen molar-refractivity contribution in [2.24, 2.45) is 11.8 Å². The summed E-state index contributed by atoms with van der Waals surface area (Å²) in [7, 11) is 0. The van der Waals surface area contributed by atoms with Crippen molar-refractivity contribution >= 4 is 40.9 Å². The van der Waals surface area contributed by atoms with Crippen LogP contribution in [0.5, 0.6) is 0 Å². The van der Waals surface area contributed by atoms with Crippen LogP contribution in [-0.4, -0.2) is 23.7 Å². The van der Waals surface area contributed by atoms with Gasteiger partial charge in [0.15, 0.2) is 0 Å². The van der Waals surface area contributed by atoms with Crippen molar-refractivity contribution in [1.29, 1.82) is 0 Å². The number of thioether (sulfide) groups is 1. The molecule has 2 unspecified atom stereocenters. The molecule has 1 rings (SSSR count). The van der Waals surface area contributed by atoms with Gasteiger partial charge in [-0.25, -0.2) is 4.39 Å². The Morgan fingerprint density at radius 2 is 1.92 bits per heavy atom. The molecule has 0 saturated carbocycles. The Bertz CT molecular complexity index is 639. The number of rotatable bonds is 9. The van der Waals surface area contributed by atoms with Crippen LogP contribution in [0.2, 0.25) is 5.02 Å². The number of esters is 1. The highest BCUT2D eigenvalue weighted by molar-refractivity contribution is 8.00. The molecule has 1 aromatic rings. The molecule has 2 atom stereocenters. The third-order valence-electron chi connectivity index (χ3n) is 4.06. The van der Waals surface area contributed by atoms with E-state index in [1.165, 1.54) is 17.8 Å². The molecule has 0 fully saturated rings. The molecule has 0 aliphatic carbocycles. The summed E-state index contributed by atoms with van der Waals surface area (Å²) in [5.74, 6) is -1.30. The quantitative estimate of drug-likeness (QED) is 0.434. The molecule has 0 bridgehead atoms. The van der Waals surface area contributed by atoms with E-state index in [0.29, 0.717) is 17.9 Å². The standard InChI is InChI=1S/C19H27ClFNO3S/c1-6-8-16(19(24)25-7-2)26-17-10-15(14(21)9-13(17)20)22-18(23)12(5)11(3)4/h9-12,16H,6-8H2,1-5H3,(H,22,23). The number of anilines is 1. The zero-order valence-corrected chi connectivity index (χ0v) is 17.5. The Kier molecular flexibility index (Phi) is 9.44. The first-order valence-corrected chi connectivity index (χ1v) is 10.1. The topological polar surface area (TPSA) is 55.4 Å². The average molecular weight is 404 g/mol. The Morgan fingerprint density at radius 1 is 1.27 bits per heavy atom. The summed E-state index contributed by atoms with van der Waals surface area (Å²) in [6.45, 7) is 9.67. The second-order valence-electron chi connectivity index (χ2n) is 6.43. The first-order valence-electron chi connectivity index (χ1n) is 8.84. The first-order chi connectivity index (χ1) is 12.2. The minimum Gasteiger partial charge on any atom is -0.465 e. The summed E-state index contributed by atoms with van der Waals surface area (Å²) < 4.78 is 19.3. The van der Waals surface area contributed by atoms with Crippen LogP contribution in [0.1, 0.15) is 47.5 Å². The number of carbonyl (C=O) groups is 2. The number of halogens is 2. The second-order valence-corrected chi connectivity index (χ2v) is 8.08. The summed E-state index contributed by atoms with van der Waals surface area (Å²) in [5.41, 5.74) is 0.0634. The van der Waals surface area contributed by atoms with Crippen LogP contribution in [0.3, 0.4) is 0 Å². The van der Waals surface area contributed by atoms with Gasteiger partial charge in [0.1, 0.15) is 11.1 Å². The maximum atomic E-state index is 14.2. The number of amides is 1. The van der Waals surface area contributed by atoms with Crippen LogP contribution in [0, 0.1) is 17.7 Å². The van der Waals surface area contributed by atoms with Crippen molar-refractivity contribution < 1.29 is 18.7 Å². The van der Waals surface area contributed by atoms with E-state index in [2.05, 4.69) is 5.32 Å². The molecule has 0 aliphatic heterocycles. The molecule has 1 amide bonds. The summed E-state index contributed by atoms with van der Waals surface area (Å²) >= 11 is 7.38. The van der Waals surface area contributed by atoms with Gasteiger partial charge in [-0.05, 0) is 31.4 Å². The van der Waals surface area contributed by atoms with Crippen LogP contribution in [0.15, 0.2) is 17.0 Å². The molecular weight excluding hydrogens is 377 g/mol. The molecular formula is C19H27ClFNO3S. The van der Waals surface area contributed by atoms with Crippen molar-refractivity contribution in [2.45, 2.75) is 57.6 Å². The van der Waals surface area contributed by atoms with Crippen molar-refractivity contribution in [3.05, 3.63) is 23.0 Å². The first kappa shape index (κ1) is 22.8. The molecule has 0 aromatic heterocycles. The smallest absolute Gasteiger partial charge is 0.319 e. The van der Waals surface area contributed by atoms with E-state index in [9.17, 15) is 14.0 Å². The van der Waals surface area contributed by atoms with Crippen LogP contribution in [-0.2, 0) is 14.3 Å². The number of carbonyl (C=O) groups excluding carboxylic acids is 2. The van der Waals surface area contributed by atoms with Gasteiger partial charge in [0, 0.05) is 10.8 Å². The summed E-state index contributed by atoms with van der Waals surface area (Å²) in [5, 5.41) is 2.39. The maximum absolute atomic E-state index is 14.2. The molecule has 146 valence electrons. The van der Waals surface area contributed by atoms with E-state index >= 15 is 0 Å². The normalized spacial score (nSPS) is 13.4. The van der Waals surface area contributed by atoms with E-state index in [1.54, 1.807) is 13.8 Å². The fourth-order valence-corrected chi connectivity index (χ4v) is 3.61. The van der Waals surface area contributed by atoms with Crippen LogP contribution >= 0.6 is 23.4 Å². The molecule has 26 heavy (non-hydrogen) atoms. The number of nitrogens with one attached hydrogen (secondary N) is 1. The lowest BCUT2D eigenvalue weighted by Gasteiger charge is -2.18. The van der Waals surface area contributed by atoms with Gasteiger partial charge >= 0.3 is 5.97 Å². The summed E-state index contributed by atoms with van der Waals surface area (Å²) in [4.78, 5) is 24.9. The fraction of sp³-hybridized carbons (Fsp3) is 0.579. The zero-order valence-electron chi connectivity index (χ0n) is 15.9. The lowest BCUT2D eigenvalue weighted by atomic mass is 9.97. The molecule has 7 heteroatoms. The molecule has 0 aliphatic rings. The largest absolute Gasteiger partial charge is 0.465 e. The van der Waals surface area contributed by atoms with E-state index < -0.39 is 11.1 Å². The predicted molar refractivity (Wildman–Crippen MR) is 105 cm³/mol. The van der Waals surface area contributed by atoms with Crippen molar-refractivity contribution in [3.8, 4) is 0 Å². The Labute approximate surface area is 164 Å². The van der Waals surface area contributed by atoms with E-state index in [1.807, 2.05) is 20.8 Å². The molecule has 4 nitrogen and oxygen atoms in total. The van der Waals surface area contributed by atoms with E-state index in [4.69, 9.17) is 16.3 Å². The van der Waals surface area contributed by atoms with Gasteiger partial charge in [0.05, 0.1) is 17.3 Å². The van der Waals surface area contributed by atoms with Gasteiger partial charge < -0.3 is 10.1 Å². The molecule has 0 spiro atoms. The number of hydrogen-bond acceptors (Lipinski definition) is 4. The van der Waals surface area contributed by atoms with Gasteiger partial charge in [0.25, 0.3) is 0 Å². The fourth-order valence-electron chi connectivity index (χ4n) is 2.14. The van der Waals surface area contributed by atoms with Crippen LogP contribution < -0.4 is 5.32 Å². The SMILES string of the molecule is CCCC(Sc1cc(NC(=O)C(C)C(C)C)c(F)cc1Cl)C(=O)OCC. The van der Waals surface area contributed by atoms with Gasteiger partial charge in [0.2, 0.25) is 5.91 Å². The van der Waals surface area contributed by atoms with Gasteiger partial charge in [-0.1, -0.05) is 45.7 Å². The molecule has 1 aromatic carbocycles. The lowest BCUT2D eigenvalue weighted by molar-refractivity contribution is -0.142. The Morgan fingerprint density at radius 3 is 2.46 bits per heavy atom. The number of ether oxygens (including phenoxy) is 1. The number of hydrogen-bond donors (Lipinski definition) is 1. The van der Waals surface area contributed by atoms with E-state index in [0.717, 1.165) is 12.5 Å². The maximum Gasteiger partial charge on any atom is 0.319 e. The molecule has 1 N–H and O–H groups in total. The Balaban J connectivity index is 3.05. The van der Waals surface area contributed by atoms with Crippen molar-refractivity contribution in [1.82, 2.24) is 0 Å². The Hall–Kier alpha value is -1.27. The van der Waals surface area contributed by atoms with Gasteiger partial charge in [-0.15, -0.1) is 11.8 Å². The highest BCUT2D eigenvalue weighted by atomic mass is 35.5. The van der Waals surface area contributed by atoms with Crippen LogP contribution in [0.25, 0.3) is 0 Å². The molecule has 0 heterocycles. The van der Waals surface area contributed by atoms with Crippen LogP contribution in [0.4, 0.5) is 10.1 Å². The predicted octanol–water partition coefficient (Wildman–Crippen LogP) is 5.53. The second kappa shape index (κ2) is 10.8. The summed E-state index contributed by atoms with van der Waals surface area (Å²) in [6.07, 6.45) is 1.41. The van der Waals surface area contributed by atoms with Crippen molar-refractivity contribution in [3.63, 3.8) is 0 Å². The average Bonchev–Trinajstić information content (AvgIpc) is 2.57. The zero-order chi connectivity index (χ0) is 19.9. The number of benzene rings is 1.